The molecule has 0 amide bonds. The number of sulfone groups is 2. The van der Waals surface area contributed by atoms with E-state index < -0.39 is 35.2 Å². The Hall–Kier alpha value is -2.20. The van der Waals surface area contributed by atoms with Gasteiger partial charge in [-0.2, -0.15) is 0 Å². The Morgan fingerprint density at radius 1 is 1.12 bits per heavy atom. The molecule has 1 aromatic carbocycles. The predicted octanol–water partition coefficient (Wildman–Crippen LogP) is 1.81. The topological polar surface area (TPSA) is 115 Å². The van der Waals surface area contributed by atoms with Crippen LogP contribution in [0, 0.1) is 10.1 Å². The third-order valence-corrected chi connectivity index (χ3v) is 5.84. The van der Waals surface area contributed by atoms with Crippen molar-refractivity contribution in [2.24, 2.45) is 0 Å². The Bertz CT molecular complexity index is 883. The van der Waals surface area contributed by atoms with Gasteiger partial charge in [0.2, 0.25) is 9.84 Å². The van der Waals surface area contributed by atoms with Gasteiger partial charge in [0, 0.05) is 19.3 Å². The lowest BCUT2D eigenvalue weighted by atomic mass is 10.4. The average molecular weight is 388 g/mol. The molecule has 10 heteroatoms. The maximum atomic E-state index is 12.8. The first-order valence-corrected chi connectivity index (χ1v) is 10.8. The monoisotopic (exact) mass is 388 g/mol. The van der Waals surface area contributed by atoms with E-state index in [1.165, 1.54) is 29.2 Å². The fourth-order valence-electron chi connectivity index (χ4n) is 1.96. The summed E-state index contributed by atoms with van der Waals surface area (Å²) in [7, 11) is -8.34. The molecule has 0 unspecified atom stereocenters. The fraction of sp³-hybridized carbons (Fsp3) is 0.333. The number of benzene rings is 1. The molecule has 0 saturated carbocycles. The fourth-order valence-corrected chi connectivity index (χ4v) is 4.67. The van der Waals surface area contributed by atoms with Crippen molar-refractivity contribution in [3.05, 3.63) is 62.7 Å². The van der Waals surface area contributed by atoms with Crippen LogP contribution in [0.3, 0.4) is 0 Å². The quantitative estimate of drug-likeness (QED) is 0.379. The van der Waals surface area contributed by atoms with Gasteiger partial charge in [-0.05, 0) is 26.0 Å². The van der Waals surface area contributed by atoms with Crippen LogP contribution < -0.4 is 0 Å². The normalized spacial score (nSPS) is 13.6. The second kappa shape index (κ2) is 8.26. The summed E-state index contributed by atoms with van der Waals surface area (Å²) in [5.74, 6) is 0. The number of hydrogen-bond donors (Lipinski definition) is 0. The van der Waals surface area contributed by atoms with Crippen LogP contribution >= 0.6 is 0 Å². The predicted molar refractivity (Wildman–Crippen MR) is 94.6 cm³/mol. The molecule has 0 saturated heterocycles. The Labute approximate surface area is 147 Å². The molecule has 0 aromatic heterocycles. The highest BCUT2D eigenvalue weighted by Gasteiger charge is 2.33. The third-order valence-electron chi connectivity index (χ3n) is 3.23. The highest BCUT2D eigenvalue weighted by molar-refractivity contribution is 7.98. The van der Waals surface area contributed by atoms with Gasteiger partial charge < -0.3 is 4.90 Å². The van der Waals surface area contributed by atoms with Crippen molar-refractivity contribution in [1.29, 1.82) is 0 Å². The van der Waals surface area contributed by atoms with E-state index in [4.69, 9.17) is 0 Å². The summed E-state index contributed by atoms with van der Waals surface area (Å²) in [5.41, 5.74) is -0.794. The van der Waals surface area contributed by atoms with Crippen LogP contribution in [0.2, 0.25) is 0 Å². The van der Waals surface area contributed by atoms with Gasteiger partial charge in [0.05, 0.1) is 21.4 Å². The lowest BCUT2D eigenvalue weighted by Gasteiger charge is -2.15. The highest BCUT2D eigenvalue weighted by atomic mass is 32.2. The summed E-state index contributed by atoms with van der Waals surface area (Å²) in [6.07, 6.45) is 1.83. The lowest BCUT2D eigenvalue weighted by Crippen LogP contribution is -2.21. The molecule has 8 nitrogen and oxygen atoms in total. The second-order valence-electron chi connectivity index (χ2n) is 5.12. The Morgan fingerprint density at radius 2 is 1.64 bits per heavy atom. The Kier molecular flexibility index (Phi) is 6.88. The molecule has 0 aliphatic heterocycles. The smallest absolute Gasteiger partial charge is 0.304 e. The van der Waals surface area contributed by atoms with Gasteiger partial charge in [-0.15, -0.1) is 0 Å². The van der Waals surface area contributed by atoms with Crippen LogP contribution in [-0.4, -0.2) is 46.0 Å². The van der Waals surface area contributed by atoms with Crippen molar-refractivity contribution in [2.75, 3.05) is 19.3 Å². The van der Waals surface area contributed by atoms with E-state index in [0.29, 0.717) is 18.5 Å². The number of nitrogens with zero attached hydrogens (tertiary/aromatic N) is 2. The van der Waals surface area contributed by atoms with Crippen molar-refractivity contribution >= 4 is 19.7 Å². The van der Waals surface area contributed by atoms with E-state index >= 15 is 0 Å². The molecule has 0 heterocycles. The average Bonchev–Trinajstić information content (AvgIpc) is 2.54. The molecule has 138 valence electrons. The molecule has 0 fully saturated rings. The van der Waals surface area contributed by atoms with E-state index in [-0.39, 0.29) is 4.90 Å². The first-order valence-electron chi connectivity index (χ1n) is 7.35. The first-order chi connectivity index (χ1) is 11.5. The zero-order valence-corrected chi connectivity index (χ0v) is 15.7. The molecule has 0 aliphatic rings. The number of hydrogen-bond acceptors (Lipinski definition) is 7. The molecular formula is C15H20N2O6S2. The Balaban J connectivity index is 3.75. The molecule has 1 aromatic rings. The first kappa shape index (κ1) is 20.8. The standard InChI is InChI=1S/C15H20N2O6S2/c1-4-16(5-2)11-14(17(18)19)15(12-24(3,20)21)25(22,23)13-9-7-6-8-10-13/h6-12H,4-5H2,1-3H3/b14-11+,15-12+. The minimum atomic E-state index is -4.40. The van der Waals surface area contributed by atoms with Crippen LogP contribution in [0.1, 0.15) is 13.8 Å². The van der Waals surface area contributed by atoms with Crippen molar-refractivity contribution in [3.63, 3.8) is 0 Å². The summed E-state index contributed by atoms with van der Waals surface area (Å²) in [6.45, 7) is 4.27. The minimum Gasteiger partial charge on any atom is -0.372 e. The van der Waals surface area contributed by atoms with Gasteiger partial charge in [0.25, 0.3) is 0 Å². The van der Waals surface area contributed by atoms with Crippen LogP contribution in [0.25, 0.3) is 0 Å². The summed E-state index contributed by atoms with van der Waals surface area (Å²) in [6, 6.07) is 6.98. The van der Waals surface area contributed by atoms with Crippen molar-refractivity contribution in [2.45, 2.75) is 18.7 Å². The van der Waals surface area contributed by atoms with Crippen LogP contribution in [-0.2, 0) is 19.7 Å². The summed E-state index contributed by atoms with van der Waals surface area (Å²) in [4.78, 5) is 11.0. The molecule has 0 radical (unpaired) electrons. The number of nitro groups is 1. The van der Waals surface area contributed by atoms with Crippen molar-refractivity contribution in [3.8, 4) is 0 Å². The van der Waals surface area contributed by atoms with Gasteiger partial charge in [0.15, 0.2) is 14.7 Å². The van der Waals surface area contributed by atoms with Crippen LogP contribution in [0.4, 0.5) is 0 Å². The van der Waals surface area contributed by atoms with E-state index in [0.717, 1.165) is 12.5 Å². The maximum absolute atomic E-state index is 12.8. The molecule has 1 rings (SSSR count). The highest BCUT2D eigenvalue weighted by Crippen LogP contribution is 2.27. The molecular weight excluding hydrogens is 368 g/mol. The maximum Gasteiger partial charge on any atom is 0.304 e. The molecule has 0 aliphatic carbocycles. The zero-order chi connectivity index (χ0) is 19.3. The van der Waals surface area contributed by atoms with Gasteiger partial charge >= 0.3 is 5.70 Å². The van der Waals surface area contributed by atoms with Crippen molar-refractivity contribution in [1.82, 2.24) is 4.90 Å². The molecule has 0 bridgehead atoms. The zero-order valence-electron chi connectivity index (χ0n) is 14.1. The lowest BCUT2D eigenvalue weighted by molar-refractivity contribution is -0.420. The van der Waals surface area contributed by atoms with E-state index in [1.807, 2.05) is 0 Å². The minimum absolute atomic E-state index is 0.225. The second-order valence-corrected chi connectivity index (χ2v) is 8.93. The van der Waals surface area contributed by atoms with E-state index in [2.05, 4.69) is 0 Å². The van der Waals surface area contributed by atoms with Gasteiger partial charge in [0.1, 0.15) is 0 Å². The Morgan fingerprint density at radius 3 is 2.04 bits per heavy atom. The third kappa shape index (κ3) is 5.68. The van der Waals surface area contributed by atoms with Gasteiger partial charge in [-0.1, -0.05) is 18.2 Å². The number of rotatable bonds is 8. The van der Waals surface area contributed by atoms with Crippen LogP contribution in [0.5, 0.6) is 0 Å². The largest absolute Gasteiger partial charge is 0.372 e. The molecule has 0 atom stereocenters. The SMILES string of the molecule is CCN(/C=C(\C(=C/S(C)(=O)=O)S(=O)(=O)c1ccccc1)[N+](=O)[O-])CC. The summed E-state index contributed by atoms with van der Waals surface area (Å²) >= 11 is 0. The summed E-state index contributed by atoms with van der Waals surface area (Å²) in [5, 5.41) is 11.9. The van der Waals surface area contributed by atoms with E-state index in [1.54, 1.807) is 19.9 Å². The molecule has 0 N–H and O–H groups in total. The molecule has 0 spiro atoms. The van der Waals surface area contributed by atoms with E-state index in [9.17, 15) is 26.9 Å². The van der Waals surface area contributed by atoms with Gasteiger partial charge in [-0.25, -0.2) is 16.8 Å². The molecule has 25 heavy (non-hydrogen) atoms. The van der Waals surface area contributed by atoms with Gasteiger partial charge in [-0.3, -0.25) is 10.1 Å². The summed E-state index contributed by atoms with van der Waals surface area (Å²) < 4.78 is 49.0. The van der Waals surface area contributed by atoms with Crippen molar-refractivity contribution < 1.29 is 21.8 Å². The van der Waals surface area contributed by atoms with Crippen LogP contribution in [0.15, 0.2) is 57.4 Å².